The highest BCUT2D eigenvalue weighted by atomic mass is 35.5. The number of likely N-dealkylation sites (tertiary alicyclic amines) is 1. The first-order valence-corrected chi connectivity index (χ1v) is 13.3. The molecular weight excluding hydrogens is 468 g/mol. The highest BCUT2D eigenvalue weighted by molar-refractivity contribution is 6.35. The molecule has 0 radical (unpaired) electrons. The third kappa shape index (κ3) is 5.06. The Hall–Kier alpha value is -2.73. The van der Waals surface area contributed by atoms with Crippen LogP contribution in [0.25, 0.3) is 11.1 Å². The first-order valence-electron chi connectivity index (χ1n) is 12.9. The lowest BCUT2D eigenvalue weighted by Gasteiger charge is -2.26. The lowest BCUT2D eigenvalue weighted by Crippen LogP contribution is -2.32. The second kappa shape index (κ2) is 9.97. The Bertz CT molecular complexity index is 1290. The van der Waals surface area contributed by atoms with Gasteiger partial charge in [-0.3, -0.25) is 5.41 Å². The number of pyridine rings is 1. The molecule has 1 saturated heterocycles. The number of halogens is 1. The maximum Gasteiger partial charge on any atom is 0.132 e. The minimum Gasteiger partial charge on any atom is -0.386 e. The second-order valence-corrected chi connectivity index (χ2v) is 11.2. The van der Waals surface area contributed by atoms with Gasteiger partial charge in [-0.2, -0.15) is 0 Å². The van der Waals surface area contributed by atoms with Crippen LogP contribution in [0.5, 0.6) is 0 Å². The number of hydrogen-bond donors (Lipinski definition) is 3. The van der Waals surface area contributed by atoms with E-state index in [0.29, 0.717) is 33.6 Å². The molecule has 2 aromatic carbocycles. The van der Waals surface area contributed by atoms with Crippen molar-refractivity contribution in [1.82, 2.24) is 9.88 Å². The Kier molecular flexibility index (Phi) is 6.90. The molecule has 1 fully saturated rings. The van der Waals surface area contributed by atoms with E-state index in [4.69, 9.17) is 22.7 Å². The Labute approximate surface area is 218 Å². The van der Waals surface area contributed by atoms with Crippen LogP contribution in [-0.4, -0.2) is 39.8 Å². The normalized spacial score (nSPS) is 18.6. The molecule has 36 heavy (non-hydrogen) atoms. The maximum absolute atomic E-state index is 10.3. The predicted molar refractivity (Wildman–Crippen MR) is 148 cm³/mol. The molecule has 5 nitrogen and oxygen atoms in total. The number of aromatic nitrogens is 1. The van der Waals surface area contributed by atoms with Crippen molar-refractivity contribution >= 4 is 23.1 Å². The number of rotatable bonds is 5. The molecule has 3 aromatic rings. The third-order valence-electron chi connectivity index (χ3n) is 7.82. The topological polar surface area (TPSA) is 86.2 Å². The molecule has 188 valence electrons. The fourth-order valence-electron chi connectivity index (χ4n) is 5.62. The van der Waals surface area contributed by atoms with E-state index in [0.717, 1.165) is 24.0 Å². The number of nitrogens with one attached hydrogen (secondary N) is 1. The molecule has 2 heterocycles. The minimum absolute atomic E-state index is 0.220. The fourth-order valence-corrected chi connectivity index (χ4v) is 5.89. The number of aryl methyl sites for hydroxylation is 2. The zero-order chi connectivity index (χ0) is 25.4. The summed E-state index contributed by atoms with van der Waals surface area (Å²) in [5.41, 5.74) is 12.2. The van der Waals surface area contributed by atoms with Gasteiger partial charge in [0.1, 0.15) is 5.82 Å². The summed E-state index contributed by atoms with van der Waals surface area (Å²) in [7, 11) is 0. The van der Waals surface area contributed by atoms with Crippen molar-refractivity contribution in [2.24, 2.45) is 0 Å². The van der Waals surface area contributed by atoms with Crippen molar-refractivity contribution in [3.05, 3.63) is 81.5 Å². The van der Waals surface area contributed by atoms with Crippen LogP contribution >= 0.6 is 11.6 Å². The van der Waals surface area contributed by atoms with Gasteiger partial charge in [-0.05, 0) is 99.8 Å². The van der Waals surface area contributed by atoms with Gasteiger partial charge in [0.15, 0.2) is 0 Å². The highest BCUT2D eigenvalue weighted by Crippen LogP contribution is 2.32. The average molecular weight is 503 g/mol. The van der Waals surface area contributed by atoms with Crippen molar-refractivity contribution in [1.29, 1.82) is 5.41 Å². The van der Waals surface area contributed by atoms with Crippen molar-refractivity contribution in [3.63, 3.8) is 0 Å². The molecular formula is C30H35ClN4O. The zero-order valence-corrected chi connectivity index (χ0v) is 21.9. The molecule has 0 bridgehead atoms. The fraction of sp³-hybridized carbons (Fsp3) is 0.400. The van der Waals surface area contributed by atoms with Crippen LogP contribution in [0.15, 0.2) is 48.7 Å². The Morgan fingerprint density at radius 2 is 1.72 bits per heavy atom. The quantitative estimate of drug-likeness (QED) is 0.296. The van der Waals surface area contributed by atoms with Gasteiger partial charge >= 0.3 is 0 Å². The van der Waals surface area contributed by atoms with Gasteiger partial charge in [0, 0.05) is 28.9 Å². The van der Waals surface area contributed by atoms with Crippen LogP contribution in [0.4, 0.5) is 5.82 Å². The van der Waals surface area contributed by atoms with Crippen molar-refractivity contribution in [2.45, 2.75) is 64.0 Å². The van der Waals surface area contributed by atoms with E-state index in [1.807, 2.05) is 6.07 Å². The Morgan fingerprint density at radius 3 is 2.42 bits per heavy atom. The summed E-state index contributed by atoms with van der Waals surface area (Å²) in [5.74, 6) is 0.301. The van der Waals surface area contributed by atoms with Crippen LogP contribution in [0, 0.1) is 5.41 Å². The first kappa shape index (κ1) is 24.9. The van der Waals surface area contributed by atoms with Gasteiger partial charge in [-0.25, -0.2) is 4.98 Å². The molecule has 0 saturated carbocycles. The minimum atomic E-state index is -1.01. The lowest BCUT2D eigenvalue weighted by atomic mass is 9.93. The number of benzene rings is 2. The van der Waals surface area contributed by atoms with Crippen LogP contribution in [0.2, 0.25) is 5.02 Å². The molecule has 1 atom stereocenters. The summed E-state index contributed by atoms with van der Waals surface area (Å²) in [6, 6.07) is 14.6. The molecule has 1 unspecified atom stereocenters. The molecule has 4 N–H and O–H groups in total. The first-order chi connectivity index (χ1) is 17.2. The van der Waals surface area contributed by atoms with Crippen molar-refractivity contribution in [2.75, 3.05) is 18.8 Å². The van der Waals surface area contributed by atoms with Gasteiger partial charge in [-0.15, -0.1) is 0 Å². The van der Waals surface area contributed by atoms with E-state index >= 15 is 0 Å². The third-order valence-corrected chi connectivity index (χ3v) is 8.14. The molecule has 0 spiro atoms. The number of nitrogens with zero attached hydrogens (tertiary/aromatic N) is 2. The van der Waals surface area contributed by atoms with Crippen molar-refractivity contribution < 1.29 is 5.11 Å². The van der Waals surface area contributed by atoms with Crippen LogP contribution in [0.1, 0.15) is 67.3 Å². The molecule has 0 amide bonds. The summed E-state index contributed by atoms with van der Waals surface area (Å²) < 4.78 is 0. The SMILES string of the molecule is CC(C)(O)c1ccc(C(=N)c2cc(-c3ccc4c(c3)CCC(N3CCCC3)CC4)cnc2N)c(Cl)c1. The number of hydrogen-bond acceptors (Lipinski definition) is 5. The largest absolute Gasteiger partial charge is 0.386 e. The Balaban J connectivity index is 1.41. The van der Waals surface area contributed by atoms with Crippen molar-refractivity contribution in [3.8, 4) is 11.1 Å². The standard InChI is InChI=1S/C30H35ClN4O/c1-30(2,36)23-9-12-25(27(31)17-23)28(32)26-16-22(18-34-29(26)33)21-6-5-19-7-10-24(11-8-20(19)15-21)35-13-3-4-14-35/h5-6,9,12,15-18,24,32,36H,3-4,7-8,10-11,13-14H2,1-2H3,(H2,33,34). The van der Waals surface area contributed by atoms with Crippen LogP contribution in [0.3, 0.4) is 0 Å². The van der Waals surface area contributed by atoms with E-state index in [-0.39, 0.29) is 5.71 Å². The maximum atomic E-state index is 10.3. The smallest absolute Gasteiger partial charge is 0.132 e. The monoisotopic (exact) mass is 502 g/mol. The predicted octanol–water partition coefficient (Wildman–Crippen LogP) is 5.97. The number of fused-ring (bicyclic) bond motifs is 1. The average Bonchev–Trinajstić information content (AvgIpc) is 3.30. The van der Waals surface area contributed by atoms with Crippen LogP contribution < -0.4 is 5.73 Å². The van der Waals surface area contributed by atoms with E-state index in [2.05, 4.69) is 28.1 Å². The molecule has 1 aliphatic carbocycles. The Morgan fingerprint density at radius 1 is 1.00 bits per heavy atom. The van der Waals surface area contributed by atoms with E-state index in [9.17, 15) is 5.11 Å². The number of anilines is 1. The van der Waals surface area contributed by atoms with Gasteiger partial charge in [-0.1, -0.05) is 41.9 Å². The van der Waals surface area contributed by atoms with E-state index in [1.54, 1.807) is 38.2 Å². The molecule has 2 aliphatic rings. The summed E-state index contributed by atoms with van der Waals surface area (Å²) in [6.07, 6.45) is 9.14. The summed E-state index contributed by atoms with van der Waals surface area (Å²) >= 11 is 6.53. The van der Waals surface area contributed by atoms with E-state index in [1.165, 1.54) is 49.9 Å². The molecule has 5 rings (SSSR count). The van der Waals surface area contributed by atoms with Gasteiger partial charge in [0.25, 0.3) is 0 Å². The molecule has 1 aromatic heterocycles. The number of nitrogens with two attached hydrogens (primary N) is 1. The number of nitrogen functional groups attached to an aromatic ring is 1. The van der Waals surface area contributed by atoms with Gasteiger partial charge in [0.05, 0.1) is 16.3 Å². The molecule has 1 aliphatic heterocycles. The highest BCUT2D eigenvalue weighted by Gasteiger charge is 2.25. The van der Waals surface area contributed by atoms with E-state index < -0.39 is 5.60 Å². The summed E-state index contributed by atoms with van der Waals surface area (Å²) in [5, 5.41) is 19.5. The van der Waals surface area contributed by atoms with Gasteiger partial charge in [0.2, 0.25) is 0 Å². The molecule has 6 heteroatoms. The zero-order valence-electron chi connectivity index (χ0n) is 21.1. The van der Waals surface area contributed by atoms with Crippen LogP contribution in [-0.2, 0) is 18.4 Å². The second-order valence-electron chi connectivity index (χ2n) is 10.7. The summed E-state index contributed by atoms with van der Waals surface area (Å²) in [4.78, 5) is 7.12. The number of aliphatic hydroxyl groups is 1. The lowest BCUT2D eigenvalue weighted by molar-refractivity contribution is 0.0786. The van der Waals surface area contributed by atoms with Gasteiger partial charge < -0.3 is 15.7 Å². The summed E-state index contributed by atoms with van der Waals surface area (Å²) in [6.45, 7) is 5.93.